The molecule has 20 heavy (non-hydrogen) atoms. The lowest BCUT2D eigenvalue weighted by Crippen LogP contribution is -2.28. The second kappa shape index (κ2) is 4.58. The van der Waals surface area contributed by atoms with E-state index >= 15 is 0 Å². The maximum Gasteiger partial charge on any atom is 0.534 e. The van der Waals surface area contributed by atoms with Gasteiger partial charge in [0.2, 0.25) is 0 Å². The molecule has 2 aromatic carbocycles. The van der Waals surface area contributed by atoms with Crippen molar-refractivity contribution in [3.63, 3.8) is 0 Å². The van der Waals surface area contributed by atoms with Gasteiger partial charge >= 0.3 is 15.6 Å². The second-order valence-electron chi connectivity index (χ2n) is 3.70. The fourth-order valence-corrected chi connectivity index (χ4v) is 1.98. The molecule has 0 aliphatic heterocycles. The zero-order valence-corrected chi connectivity index (χ0v) is 10.2. The number of fused-ring (bicyclic) bond motifs is 1. The van der Waals surface area contributed by atoms with Gasteiger partial charge < -0.3 is 4.18 Å². The Labute approximate surface area is 109 Å². The van der Waals surface area contributed by atoms with Crippen LogP contribution in [0.4, 0.5) is 22.0 Å². The van der Waals surface area contributed by atoms with E-state index in [-0.39, 0.29) is 10.8 Å². The molecule has 0 aliphatic carbocycles. The lowest BCUT2D eigenvalue weighted by Gasteiger charge is -2.11. The van der Waals surface area contributed by atoms with Crippen molar-refractivity contribution in [3.8, 4) is 5.75 Å². The highest BCUT2D eigenvalue weighted by Crippen LogP contribution is 2.33. The molecular weight excluding hydrogens is 307 g/mol. The van der Waals surface area contributed by atoms with Crippen molar-refractivity contribution < 1.29 is 34.6 Å². The van der Waals surface area contributed by atoms with Gasteiger partial charge in [-0.2, -0.15) is 21.6 Å². The van der Waals surface area contributed by atoms with Gasteiger partial charge in [0, 0.05) is 10.8 Å². The van der Waals surface area contributed by atoms with Gasteiger partial charge in [0.1, 0.15) is 0 Å². The van der Waals surface area contributed by atoms with Gasteiger partial charge in [-0.3, -0.25) is 0 Å². The van der Waals surface area contributed by atoms with Crippen LogP contribution in [0.2, 0.25) is 0 Å². The molecular formula is C11H5F5O3S. The van der Waals surface area contributed by atoms with Crippen LogP contribution in [0.5, 0.6) is 5.75 Å². The summed E-state index contributed by atoms with van der Waals surface area (Å²) in [5, 5.41) is -0.681. The molecule has 0 aliphatic rings. The fourth-order valence-electron chi connectivity index (χ4n) is 1.50. The standard InChI is InChI=1S/C11H5F5O3S/c12-8-5-4-6-7(10(8)13)2-1-3-9(6)19-20(17,18)11(14,15)16/h1-5H. The highest BCUT2D eigenvalue weighted by atomic mass is 32.2. The van der Waals surface area contributed by atoms with Gasteiger partial charge in [0.25, 0.3) is 0 Å². The molecule has 0 aromatic heterocycles. The van der Waals surface area contributed by atoms with Gasteiger partial charge in [-0.05, 0) is 18.2 Å². The van der Waals surface area contributed by atoms with E-state index in [0.29, 0.717) is 6.07 Å². The van der Waals surface area contributed by atoms with E-state index in [1.165, 1.54) is 0 Å². The monoisotopic (exact) mass is 312 g/mol. The highest BCUT2D eigenvalue weighted by molar-refractivity contribution is 7.88. The van der Waals surface area contributed by atoms with Crippen molar-refractivity contribution >= 4 is 20.9 Å². The average Bonchev–Trinajstić information content (AvgIpc) is 2.32. The van der Waals surface area contributed by atoms with Crippen LogP contribution in [0.1, 0.15) is 0 Å². The number of alkyl halides is 3. The van der Waals surface area contributed by atoms with Crippen molar-refractivity contribution in [2.45, 2.75) is 5.51 Å². The predicted molar refractivity (Wildman–Crippen MR) is 59.5 cm³/mol. The maximum absolute atomic E-state index is 13.4. The number of halogens is 5. The first-order chi connectivity index (χ1) is 9.13. The molecule has 0 N–H and O–H groups in total. The van der Waals surface area contributed by atoms with Crippen LogP contribution in [0.3, 0.4) is 0 Å². The summed E-state index contributed by atoms with van der Waals surface area (Å²) in [4.78, 5) is 0. The summed E-state index contributed by atoms with van der Waals surface area (Å²) in [7, 11) is -5.88. The van der Waals surface area contributed by atoms with Crippen molar-refractivity contribution in [1.29, 1.82) is 0 Å². The first-order valence-corrected chi connectivity index (χ1v) is 6.42. The topological polar surface area (TPSA) is 43.4 Å². The molecule has 0 atom stereocenters. The lowest BCUT2D eigenvalue weighted by atomic mass is 10.1. The maximum atomic E-state index is 13.4. The largest absolute Gasteiger partial charge is 0.534 e. The molecule has 2 aromatic rings. The molecule has 0 saturated carbocycles. The van der Waals surface area contributed by atoms with E-state index in [2.05, 4.69) is 4.18 Å². The molecule has 0 amide bonds. The van der Waals surface area contributed by atoms with Crippen molar-refractivity contribution in [2.24, 2.45) is 0 Å². The number of hydrogen-bond donors (Lipinski definition) is 0. The van der Waals surface area contributed by atoms with Gasteiger partial charge in [-0.25, -0.2) is 8.78 Å². The minimum absolute atomic E-state index is 0.292. The first-order valence-electron chi connectivity index (χ1n) is 5.01. The van der Waals surface area contributed by atoms with E-state index < -0.39 is 33.0 Å². The Morgan fingerprint density at radius 2 is 1.60 bits per heavy atom. The zero-order valence-electron chi connectivity index (χ0n) is 9.41. The fraction of sp³-hybridized carbons (Fsp3) is 0.0909. The van der Waals surface area contributed by atoms with Gasteiger partial charge in [0.05, 0.1) is 0 Å². The third-order valence-corrected chi connectivity index (χ3v) is 3.36. The van der Waals surface area contributed by atoms with Crippen molar-refractivity contribution in [1.82, 2.24) is 0 Å². The zero-order chi connectivity index (χ0) is 15.1. The van der Waals surface area contributed by atoms with E-state index in [1.807, 2.05) is 0 Å². The Kier molecular flexibility index (Phi) is 3.32. The van der Waals surface area contributed by atoms with E-state index in [9.17, 15) is 30.4 Å². The summed E-state index contributed by atoms with van der Waals surface area (Å²) in [6, 6.07) is 4.62. The van der Waals surface area contributed by atoms with Crippen LogP contribution in [0.15, 0.2) is 30.3 Å². The van der Waals surface area contributed by atoms with E-state index in [1.54, 1.807) is 0 Å². The summed E-state index contributed by atoms with van der Waals surface area (Å²) in [5.41, 5.74) is -5.62. The second-order valence-corrected chi connectivity index (χ2v) is 5.23. The minimum atomic E-state index is -5.88. The van der Waals surface area contributed by atoms with Crippen LogP contribution >= 0.6 is 0 Å². The molecule has 0 bridgehead atoms. The molecule has 0 saturated heterocycles. The number of benzene rings is 2. The van der Waals surface area contributed by atoms with Crippen LogP contribution in [-0.4, -0.2) is 13.9 Å². The summed E-state index contributed by atoms with van der Waals surface area (Å²) in [5.74, 6) is -3.26. The number of hydrogen-bond acceptors (Lipinski definition) is 3. The summed E-state index contributed by atoms with van der Waals surface area (Å²) < 4.78 is 88.8. The van der Waals surface area contributed by atoms with Crippen LogP contribution in [0.25, 0.3) is 10.8 Å². The molecule has 0 unspecified atom stereocenters. The predicted octanol–water partition coefficient (Wildman–Crippen LogP) is 3.35. The molecule has 0 fully saturated rings. The normalized spacial score (nSPS) is 12.7. The Balaban J connectivity index is 2.61. The van der Waals surface area contributed by atoms with Crippen LogP contribution in [-0.2, 0) is 10.1 Å². The molecule has 3 nitrogen and oxygen atoms in total. The third-order valence-electron chi connectivity index (χ3n) is 2.39. The molecule has 2 rings (SSSR count). The molecule has 108 valence electrons. The van der Waals surface area contributed by atoms with E-state index in [4.69, 9.17) is 0 Å². The summed E-state index contributed by atoms with van der Waals surface area (Å²) in [6.45, 7) is 0. The highest BCUT2D eigenvalue weighted by Gasteiger charge is 2.48. The van der Waals surface area contributed by atoms with Crippen molar-refractivity contribution in [2.75, 3.05) is 0 Å². The Bertz CT molecular complexity index is 767. The molecule has 9 heteroatoms. The number of rotatable bonds is 2. The SMILES string of the molecule is O=S(=O)(Oc1cccc2c(F)c(F)ccc12)C(F)(F)F. The summed E-state index contributed by atoms with van der Waals surface area (Å²) >= 11 is 0. The molecule has 0 radical (unpaired) electrons. The van der Waals surface area contributed by atoms with E-state index in [0.717, 1.165) is 24.3 Å². The Morgan fingerprint density at radius 1 is 0.950 bits per heavy atom. The Hall–Kier alpha value is -1.90. The minimum Gasteiger partial charge on any atom is -0.375 e. The lowest BCUT2D eigenvalue weighted by molar-refractivity contribution is -0.0499. The van der Waals surface area contributed by atoms with Crippen molar-refractivity contribution in [3.05, 3.63) is 42.0 Å². The van der Waals surface area contributed by atoms with Crippen LogP contribution in [0, 0.1) is 11.6 Å². The quantitative estimate of drug-likeness (QED) is 0.485. The van der Waals surface area contributed by atoms with Gasteiger partial charge in [0.15, 0.2) is 17.4 Å². The van der Waals surface area contributed by atoms with Crippen LogP contribution < -0.4 is 4.18 Å². The smallest absolute Gasteiger partial charge is 0.375 e. The average molecular weight is 312 g/mol. The Morgan fingerprint density at radius 3 is 2.20 bits per heavy atom. The molecule has 0 heterocycles. The van der Waals surface area contributed by atoms with Gasteiger partial charge in [-0.15, -0.1) is 0 Å². The van der Waals surface area contributed by atoms with Gasteiger partial charge in [-0.1, -0.05) is 12.1 Å². The summed E-state index contributed by atoms with van der Waals surface area (Å²) in [6.07, 6.45) is 0. The first kappa shape index (κ1) is 14.5. The molecule has 0 spiro atoms. The third kappa shape index (κ3) is 2.40.